The van der Waals surface area contributed by atoms with Crippen LogP contribution in [0.1, 0.15) is 28.9 Å². The van der Waals surface area contributed by atoms with Crippen molar-refractivity contribution in [2.45, 2.75) is 19.4 Å². The van der Waals surface area contributed by atoms with E-state index in [1.165, 1.54) is 17.7 Å². The zero-order valence-corrected chi connectivity index (χ0v) is 12.2. The molecule has 2 N–H and O–H groups in total. The molecular weight excluding hydrogens is 288 g/mol. The number of carbonyl (C=O) groups is 1. The quantitative estimate of drug-likeness (QED) is 0.778. The minimum Gasteiger partial charge on any atom is -0.478 e. The number of rotatable bonds is 4. The summed E-state index contributed by atoms with van der Waals surface area (Å²) >= 11 is 1.63. The predicted molar refractivity (Wildman–Crippen MR) is 82.3 cm³/mol. The Morgan fingerprint density at radius 2 is 2.24 bits per heavy atom. The van der Waals surface area contributed by atoms with Crippen molar-refractivity contribution in [3.63, 3.8) is 0 Å². The van der Waals surface area contributed by atoms with Gasteiger partial charge in [-0.25, -0.2) is 9.59 Å². The molecule has 3 aromatic rings. The number of H-pyrrole nitrogens is 1. The lowest BCUT2D eigenvalue weighted by Crippen LogP contribution is -2.21. The fourth-order valence-electron chi connectivity index (χ4n) is 2.54. The molecule has 0 radical (unpaired) electrons. The van der Waals surface area contributed by atoms with E-state index in [4.69, 9.17) is 5.11 Å². The number of nitrogens with one attached hydrogen (secondary N) is 1. The highest BCUT2D eigenvalue weighted by Gasteiger charge is 2.15. The van der Waals surface area contributed by atoms with E-state index in [0.717, 1.165) is 11.9 Å². The first-order valence-electron chi connectivity index (χ1n) is 6.55. The molecule has 21 heavy (non-hydrogen) atoms. The van der Waals surface area contributed by atoms with Gasteiger partial charge < -0.3 is 10.1 Å². The average Bonchev–Trinajstić information content (AvgIpc) is 3.03. The van der Waals surface area contributed by atoms with Crippen molar-refractivity contribution in [1.82, 2.24) is 9.55 Å². The Kier molecular flexibility index (Phi) is 3.39. The standard InChI is InChI=1S/C15H14N2O3S/c1-9(6-10-4-5-21-8-10)17-13-3-2-11(14(18)19)7-12(13)16-15(17)20/h2-5,7-9H,6H2,1H3,(H,16,20)(H,18,19). The Labute approximate surface area is 124 Å². The van der Waals surface area contributed by atoms with Gasteiger partial charge in [-0.15, -0.1) is 0 Å². The molecule has 0 saturated carbocycles. The van der Waals surface area contributed by atoms with Gasteiger partial charge in [0.05, 0.1) is 16.6 Å². The number of carboxylic acid groups (broad SMARTS) is 1. The first kappa shape index (κ1) is 13.6. The molecular formula is C15H14N2O3S. The summed E-state index contributed by atoms with van der Waals surface area (Å²) < 4.78 is 1.68. The maximum absolute atomic E-state index is 12.2. The molecule has 0 aliphatic rings. The maximum atomic E-state index is 12.2. The second-order valence-electron chi connectivity index (χ2n) is 5.02. The molecule has 0 saturated heterocycles. The number of aromatic nitrogens is 2. The number of hydrogen-bond acceptors (Lipinski definition) is 3. The molecule has 6 heteroatoms. The Bertz CT molecular complexity index is 846. The first-order valence-corrected chi connectivity index (χ1v) is 7.49. The molecule has 0 fully saturated rings. The molecule has 1 aromatic carbocycles. The number of fused-ring (bicyclic) bond motifs is 1. The van der Waals surface area contributed by atoms with Gasteiger partial charge in [0.15, 0.2) is 0 Å². The number of benzene rings is 1. The summed E-state index contributed by atoms with van der Waals surface area (Å²) in [6.45, 7) is 1.98. The number of nitrogens with zero attached hydrogens (tertiary/aromatic N) is 1. The van der Waals surface area contributed by atoms with Gasteiger partial charge in [-0.05, 0) is 53.9 Å². The normalized spacial score (nSPS) is 12.6. The summed E-state index contributed by atoms with van der Waals surface area (Å²) in [5.74, 6) is -1.00. The molecule has 108 valence electrons. The number of aromatic amines is 1. The lowest BCUT2D eigenvalue weighted by molar-refractivity contribution is 0.0697. The van der Waals surface area contributed by atoms with Gasteiger partial charge in [0.25, 0.3) is 0 Å². The Morgan fingerprint density at radius 1 is 1.43 bits per heavy atom. The number of thiophene rings is 1. The predicted octanol–water partition coefficient (Wildman–Crippen LogP) is 2.89. The first-order chi connectivity index (χ1) is 10.1. The van der Waals surface area contributed by atoms with Crippen LogP contribution in [0.15, 0.2) is 39.8 Å². The minimum atomic E-state index is -1.00. The number of carboxylic acids is 1. The SMILES string of the molecule is CC(Cc1ccsc1)n1c(=O)[nH]c2cc(C(=O)O)ccc21. The summed E-state index contributed by atoms with van der Waals surface area (Å²) in [4.78, 5) is 25.9. The second kappa shape index (κ2) is 5.21. The zero-order valence-electron chi connectivity index (χ0n) is 11.4. The van der Waals surface area contributed by atoms with Crippen molar-refractivity contribution in [3.8, 4) is 0 Å². The molecule has 1 atom stereocenters. The largest absolute Gasteiger partial charge is 0.478 e. The van der Waals surface area contributed by atoms with E-state index in [0.29, 0.717) is 5.52 Å². The molecule has 0 spiro atoms. The van der Waals surface area contributed by atoms with Crippen LogP contribution in [-0.2, 0) is 6.42 Å². The van der Waals surface area contributed by atoms with Crippen LogP contribution in [0.4, 0.5) is 0 Å². The van der Waals surface area contributed by atoms with Crippen molar-refractivity contribution in [3.05, 3.63) is 56.6 Å². The summed E-state index contributed by atoms with van der Waals surface area (Å²) in [6.07, 6.45) is 0.761. The minimum absolute atomic E-state index is 0.00321. The lowest BCUT2D eigenvalue weighted by Gasteiger charge is -2.12. The van der Waals surface area contributed by atoms with Crippen LogP contribution in [0.25, 0.3) is 11.0 Å². The molecule has 0 aliphatic heterocycles. The summed E-state index contributed by atoms with van der Waals surface area (Å²) in [6, 6.07) is 6.74. The fourth-order valence-corrected chi connectivity index (χ4v) is 3.22. The van der Waals surface area contributed by atoms with Crippen LogP contribution in [0.3, 0.4) is 0 Å². The smallest absolute Gasteiger partial charge is 0.335 e. The van der Waals surface area contributed by atoms with E-state index in [9.17, 15) is 9.59 Å². The summed E-state index contributed by atoms with van der Waals surface area (Å²) in [7, 11) is 0. The molecule has 2 heterocycles. The van der Waals surface area contributed by atoms with Gasteiger partial charge in [-0.2, -0.15) is 11.3 Å². The number of aromatic carboxylic acids is 1. The van der Waals surface area contributed by atoms with Crippen LogP contribution in [-0.4, -0.2) is 20.6 Å². The molecule has 0 bridgehead atoms. The molecule has 0 aliphatic carbocycles. The Balaban J connectivity index is 2.04. The number of imidazole rings is 1. The monoisotopic (exact) mass is 302 g/mol. The lowest BCUT2D eigenvalue weighted by atomic mass is 10.1. The van der Waals surface area contributed by atoms with Gasteiger partial charge in [0.1, 0.15) is 0 Å². The fraction of sp³-hybridized carbons (Fsp3) is 0.200. The highest BCUT2D eigenvalue weighted by molar-refractivity contribution is 7.07. The van der Waals surface area contributed by atoms with Crippen molar-refractivity contribution < 1.29 is 9.90 Å². The molecule has 1 unspecified atom stereocenters. The van der Waals surface area contributed by atoms with Crippen molar-refractivity contribution in [2.24, 2.45) is 0 Å². The van der Waals surface area contributed by atoms with Gasteiger partial charge in [-0.1, -0.05) is 0 Å². The van der Waals surface area contributed by atoms with Gasteiger partial charge >= 0.3 is 11.7 Å². The third-order valence-electron chi connectivity index (χ3n) is 3.52. The van der Waals surface area contributed by atoms with Crippen molar-refractivity contribution >= 4 is 28.3 Å². The van der Waals surface area contributed by atoms with E-state index in [1.807, 2.05) is 18.4 Å². The average molecular weight is 302 g/mol. The Hall–Kier alpha value is -2.34. The zero-order chi connectivity index (χ0) is 15.0. The molecule has 5 nitrogen and oxygen atoms in total. The highest BCUT2D eigenvalue weighted by Crippen LogP contribution is 2.20. The summed E-state index contributed by atoms with van der Waals surface area (Å²) in [5.41, 5.74) is 2.43. The van der Waals surface area contributed by atoms with Gasteiger partial charge in [-0.3, -0.25) is 4.57 Å². The van der Waals surface area contributed by atoms with Crippen LogP contribution < -0.4 is 5.69 Å². The summed E-state index contributed by atoms with van der Waals surface area (Å²) in [5, 5.41) is 13.1. The third-order valence-corrected chi connectivity index (χ3v) is 4.25. The van der Waals surface area contributed by atoms with Gasteiger partial charge in [0.2, 0.25) is 0 Å². The topological polar surface area (TPSA) is 75.1 Å². The van der Waals surface area contributed by atoms with Crippen LogP contribution in [0.2, 0.25) is 0 Å². The third kappa shape index (κ3) is 2.50. The van der Waals surface area contributed by atoms with Crippen molar-refractivity contribution in [1.29, 1.82) is 0 Å². The van der Waals surface area contributed by atoms with Gasteiger partial charge in [0, 0.05) is 6.04 Å². The van der Waals surface area contributed by atoms with E-state index >= 15 is 0 Å². The molecule has 3 rings (SSSR count). The van der Waals surface area contributed by atoms with Crippen LogP contribution in [0.5, 0.6) is 0 Å². The van der Waals surface area contributed by atoms with Crippen LogP contribution in [0, 0.1) is 0 Å². The highest BCUT2D eigenvalue weighted by atomic mass is 32.1. The van der Waals surface area contributed by atoms with E-state index < -0.39 is 5.97 Å². The number of hydrogen-bond donors (Lipinski definition) is 2. The molecule has 2 aromatic heterocycles. The van der Waals surface area contributed by atoms with E-state index in [-0.39, 0.29) is 17.3 Å². The van der Waals surface area contributed by atoms with Crippen LogP contribution >= 0.6 is 11.3 Å². The van der Waals surface area contributed by atoms with Crippen molar-refractivity contribution in [2.75, 3.05) is 0 Å². The molecule has 0 amide bonds. The second-order valence-corrected chi connectivity index (χ2v) is 5.80. The van der Waals surface area contributed by atoms with E-state index in [1.54, 1.807) is 22.0 Å². The Morgan fingerprint density at radius 3 is 2.90 bits per heavy atom. The van der Waals surface area contributed by atoms with E-state index in [2.05, 4.69) is 10.4 Å². The maximum Gasteiger partial charge on any atom is 0.335 e.